The summed E-state index contributed by atoms with van der Waals surface area (Å²) in [4.78, 5) is 25.9. The fraction of sp³-hybridized carbons (Fsp3) is 0.652. The van der Waals surface area contributed by atoms with Gasteiger partial charge < -0.3 is 10.1 Å². The molecule has 1 heterocycles. The normalized spacial score (nSPS) is 20.2. The summed E-state index contributed by atoms with van der Waals surface area (Å²) in [5, 5.41) is 3.01. The molecule has 0 spiro atoms. The maximum atomic E-state index is 13.1. The highest BCUT2D eigenvalue weighted by Crippen LogP contribution is 2.31. The summed E-state index contributed by atoms with van der Waals surface area (Å²) < 4.78 is 32.9. The fourth-order valence-electron chi connectivity index (χ4n) is 4.73. The number of carbonyl (C=O) groups is 2. The molecule has 1 saturated heterocycles. The molecular weight excluding hydrogens is 416 g/mol. The second kappa shape index (κ2) is 9.69. The van der Waals surface area contributed by atoms with Crippen molar-refractivity contribution in [2.75, 3.05) is 19.7 Å². The fourth-order valence-corrected chi connectivity index (χ4v) is 6.40. The topological polar surface area (TPSA) is 92.8 Å². The molecule has 7 nitrogen and oxygen atoms in total. The van der Waals surface area contributed by atoms with Crippen LogP contribution in [0.25, 0.3) is 0 Å². The number of benzene rings is 1. The largest absolute Gasteiger partial charge is 0.464 e. The van der Waals surface area contributed by atoms with Crippen molar-refractivity contribution in [2.24, 2.45) is 5.92 Å². The number of rotatable bonds is 6. The van der Waals surface area contributed by atoms with E-state index in [9.17, 15) is 18.0 Å². The summed E-state index contributed by atoms with van der Waals surface area (Å²) in [6.07, 6.45) is 4.88. The highest BCUT2D eigenvalue weighted by atomic mass is 32.2. The molecular formula is C23H34N2O5S. The van der Waals surface area contributed by atoms with E-state index in [0.29, 0.717) is 43.7 Å². The van der Waals surface area contributed by atoms with Crippen molar-refractivity contribution in [1.29, 1.82) is 0 Å². The van der Waals surface area contributed by atoms with Crippen molar-refractivity contribution in [3.05, 3.63) is 29.3 Å². The first kappa shape index (κ1) is 23.7. The SMILES string of the molecule is CCOC(=O)C1(NC(=O)C2CCN(S(=O)(=O)c3ccc(C)cc3C)CC2)CCCCC1. The molecule has 3 rings (SSSR count). The van der Waals surface area contributed by atoms with Gasteiger partial charge in [0.25, 0.3) is 0 Å². The van der Waals surface area contributed by atoms with Crippen LogP contribution in [0.3, 0.4) is 0 Å². The highest BCUT2D eigenvalue weighted by molar-refractivity contribution is 7.89. The van der Waals surface area contributed by atoms with Gasteiger partial charge in [-0.25, -0.2) is 13.2 Å². The Hall–Kier alpha value is -1.93. The first-order chi connectivity index (χ1) is 14.7. The minimum atomic E-state index is -3.59. The van der Waals surface area contributed by atoms with E-state index in [2.05, 4.69) is 5.32 Å². The van der Waals surface area contributed by atoms with Gasteiger partial charge in [-0.3, -0.25) is 4.79 Å². The lowest BCUT2D eigenvalue weighted by atomic mass is 9.81. The number of esters is 1. The molecule has 172 valence electrons. The summed E-state index contributed by atoms with van der Waals surface area (Å²) in [6, 6.07) is 5.33. The van der Waals surface area contributed by atoms with Crippen LogP contribution in [0.1, 0.15) is 63.0 Å². The number of nitrogens with one attached hydrogen (secondary N) is 1. The molecule has 8 heteroatoms. The van der Waals surface area contributed by atoms with Gasteiger partial charge in [-0.05, 0) is 58.1 Å². The number of piperidine rings is 1. The van der Waals surface area contributed by atoms with Crippen molar-refractivity contribution < 1.29 is 22.7 Å². The Morgan fingerprint density at radius 2 is 1.77 bits per heavy atom. The van der Waals surface area contributed by atoms with Gasteiger partial charge in [0.1, 0.15) is 5.54 Å². The van der Waals surface area contributed by atoms with Crippen LogP contribution in [0.15, 0.2) is 23.1 Å². The number of aryl methyl sites for hydroxylation is 2. The van der Waals surface area contributed by atoms with E-state index in [4.69, 9.17) is 4.74 Å². The third kappa shape index (κ3) is 5.12. The molecule has 0 unspecified atom stereocenters. The van der Waals surface area contributed by atoms with Crippen LogP contribution in [-0.4, -0.2) is 49.8 Å². The number of hydrogen-bond acceptors (Lipinski definition) is 5. The van der Waals surface area contributed by atoms with E-state index in [1.165, 1.54) is 4.31 Å². The summed E-state index contributed by atoms with van der Waals surface area (Å²) in [7, 11) is -3.59. The Kier molecular flexibility index (Phi) is 7.42. The van der Waals surface area contributed by atoms with Crippen LogP contribution in [0.2, 0.25) is 0 Å². The number of carbonyl (C=O) groups excluding carboxylic acids is 2. The Morgan fingerprint density at radius 1 is 1.13 bits per heavy atom. The van der Waals surface area contributed by atoms with Crippen LogP contribution < -0.4 is 5.32 Å². The van der Waals surface area contributed by atoms with Crippen molar-refractivity contribution in [3.8, 4) is 0 Å². The average Bonchev–Trinajstić information content (AvgIpc) is 2.74. The zero-order valence-corrected chi connectivity index (χ0v) is 19.6. The Balaban J connectivity index is 1.65. The molecule has 0 radical (unpaired) electrons. The number of amides is 1. The predicted octanol–water partition coefficient (Wildman–Crippen LogP) is 3.09. The number of sulfonamides is 1. The van der Waals surface area contributed by atoms with E-state index >= 15 is 0 Å². The molecule has 1 aliphatic carbocycles. The van der Waals surface area contributed by atoms with E-state index < -0.39 is 15.6 Å². The molecule has 0 aromatic heterocycles. The van der Waals surface area contributed by atoms with Gasteiger partial charge in [0.15, 0.2) is 0 Å². The monoisotopic (exact) mass is 450 g/mol. The van der Waals surface area contributed by atoms with E-state index in [1.807, 2.05) is 13.0 Å². The molecule has 1 aromatic carbocycles. The summed E-state index contributed by atoms with van der Waals surface area (Å²) >= 11 is 0. The van der Waals surface area contributed by atoms with Crippen LogP contribution in [0, 0.1) is 19.8 Å². The zero-order valence-electron chi connectivity index (χ0n) is 18.8. The van der Waals surface area contributed by atoms with Gasteiger partial charge in [-0.1, -0.05) is 37.0 Å². The van der Waals surface area contributed by atoms with Gasteiger partial charge in [-0.2, -0.15) is 4.31 Å². The summed E-state index contributed by atoms with van der Waals surface area (Å²) in [5.74, 6) is -0.824. The smallest absolute Gasteiger partial charge is 0.331 e. The van der Waals surface area contributed by atoms with Crippen LogP contribution in [0.4, 0.5) is 0 Å². The molecule has 1 amide bonds. The molecule has 2 aliphatic rings. The second-order valence-corrected chi connectivity index (χ2v) is 10.7. The Morgan fingerprint density at radius 3 is 2.35 bits per heavy atom. The van der Waals surface area contributed by atoms with E-state index in [-0.39, 0.29) is 24.4 Å². The standard InChI is InChI=1S/C23H34N2O5S/c1-4-30-22(27)23(12-6-5-7-13-23)24-21(26)19-10-14-25(15-11-19)31(28,29)20-9-8-17(2)16-18(20)3/h8-9,16,19H,4-7,10-15H2,1-3H3,(H,24,26). The quantitative estimate of drug-likeness (QED) is 0.673. The van der Waals surface area contributed by atoms with Gasteiger partial charge in [0.05, 0.1) is 11.5 Å². The molecule has 1 saturated carbocycles. The van der Waals surface area contributed by atoms with Crippen molar-refractivity contribution in [1.82, 2.24) is 9.62 Å². The summed E-state index contributed by atoms with van der Waals surface area (Å²) in [5.41, 5.74) is 0.812. The minimum absolute atomic E-state index is 0.168. The van der Waals surface area contributed by atoms with Crippen molar-refractivity contribution in [3.63, 3.8) is 0 Å². The van der Waals surface area contributed by atoms with Crippen LogP contribution >= 0.6 is 0 Å². The molecule has 1 N–H and O–H groups in total. The maximum absolute atomic E-state index is 13.1. The summed E-state index contributed by atoms with van der Waals surface area (Å²) in [6.45, 7) is 6.37. The first-order valence-corrected chi connectivity index (χ1v) is 12.7. The second-order valence-electron chi connectivity index (χ2n) is 8.80. The van der Waals surface area contributed by atoms with Crippen LogP contribution in [0.5, 0.6) is 0 Å². The van der Waals surface area contributed by atoms with Gasteiger partial charge in [-0.15, -0.1) is 0 Å². The van der Waals surface area contributed by atoms with E-state index in [0.717, 1.165) is 30.4 Å². The molecule has 31 heavy (non-hydrogen) atoms. The predicted molar refractivity (Wildman–Crippen MR) is 118 cm³/mol. The van der Waals surface area contributed by atoms with Crippen LogP contribution in [-0.2, 0) is 24.3 Å². The van der Waals surface area contributed by atoms with Crippen molar-refractivity contribution in [2.45, 2.75) is 76.2 Å². The number of hydrogen-bond donors (Lipinski definition) is 1. The molecule has 1 aromatic rings. The molecule has 0 bridgehead atoms. The average molecular weight is 451 g/mol. The molecule has 0 atom stereocenters. The van der Waals surface area contributed by atoms with E-state index in [1.54, 1.807) is 26.0 Å². The highest BCUT2D eigenvalue weighted by Gasteiger charge is 2.44. The third-order valence-electron chi connectivity index (χ3n) is 6.51. The Bertz CT molecular complexity index is 914. The lowest BCUT2D eigenvalue weighted by Gasteiger charge is -2.38. The molecule has 1 aliphatic heterocycles. The third-order valence-corrected chi connectivity index (χ3v) is 8.57. The zero-order chi connectivity index (χ0) is 22.6. The minimum Gasteiger partial charge on any atom is -0.464 e. The lowest BCUT2D eigenvalue weighted by Crippen LogP contribution is -2.58. The first-order valence-electron chi connectivity index (χ1n) is 11.3. The van der Waals surface area contributed by atoms with Crippen molar-refractivity contribution >= 4 is 21.9 Å². The van der Waals surface area contributed by atoms with Gasteiger partial charge in [0.2, 0.25) is 15.9 Å². The molecule has 2 fully saturated rings. The Labute approximate surface area is 185 Å². The maximum Gasteiger partial charge on any atom is 0.331 e. The van der Waals surface area contributed by atoms with Gasteiger partial charge in [0, 0.05) is 19.0 Å². The number of nitrogens with zero attached hydrogens (tertiary/aromatic N) is 1. The number of ether oxygens (including phenoxy) is 1. The lowest BCUT2D eigenvalue weighted by molar-refractivity contribution is -0.155. The van der Waals surface area contributed by atoms with Gasteiger partial charge >= 0.3 is 5.97 Å².